The van der Waals surface area contributed by atoms with Gasteiger partial charge in [0.05, 0.1) is 16.2 Å². The minimum atomic E-state index is -5.01. The highest BCUT2D eigenvalue weighted by Crippen LogP contribution is 2.33. The van der Waals surface area contributed by atoms with Gasteiger partial charge in [0.1, 0.15) is 5.82 Å². The Kier molecular flexibility index (Phi) is 6.74. The van der Waals surface area contributed by atoms with Crippen molar-refractivity contribution < 1.29 is 26.0 Å². The number of rotatable bonds is 5. The van der Waals surface area contributed by atoms with Crippen molar-refractivity contribution in [2.75, 3.05) is 22.7 Å². The van der Waals surface area contributed by atoms with E-state index in [1.807, 2.05) is 12.1 Å². The lowest BCUT2D eigenvalue weighted by molar-refractivity contribution is -0.140. The molecule has 3 aromatic rings. The summed E-state index contributed by atoms with van der Waals surface area (Å²) in [6, 6.07) is 11.4. The Morgan fingerprint density at radius 3 is 2.12 bits per heavy atom. The van der Waals surface area contributed by atoms with Crippen LogP contribution in [0.1, 0.15) is 31.2 Å². The fourth-order valence-corrected chi connectivity index (χ4v) is 4.84. The molecule has 11 heteroatoms. The predicted octanol–water partition coefficient (Wildman–Crippen LogP) is 5.48. The average molecular weight is 495 g/mol. The zero-order chi connectivity index (χ0) is 24.3. The number of anilines is 2. The molecule has 1 N–H and O–H groups in total. The van der Waals surface area contributed by atoms with Crippen LogP contribution in [0, 0.1) is 5.82 Å². The zero-order valence-corrected chi connectivity index (χ0v) is 18.8. The molecular weight excluding hydrogens is 472 g/mol. The minimum Gasteiger partial charge on any atom is -0.355 e. The maximum Gasteiger partial charge on any atom is 0.419 e. The van der Waals surface area contributed by atoms with E-state index in [-0.39, 0.29) is 11.8 Å². The van der Waals surface area contributed by atoms with Crippen LogP contribution in [-0.2, 0) is 16.2 Å². The molecule has 1 fully saturated rings. The second-order valence-electron chi connectivity index (χ2n) is 8.00. The standard InChI is InChI=1S/C23H22F4N4O2S/c24-20-10-9-18(15-19(20)23(25,26)27)34(32,33)30-17-7-5-16(6-8-17)21-11-12-22(29-28-21)31-13-3-1-2-4-14-31/h5-12,15,30H,1-4,13-14H2. The van der Waals surface area contributed by atoms with Crippen molar-refractivity contribution in [1.29, 1.82) is 0 Å². The number of aromatic nitrogens is 2. The number of nitrogens with one attached hydrogen (secondary N) is 1. The molecular formula is C23H22F4N4O2S. The lowest BCUT2D eigenvalue weighted by Crippen LogP contribution is -2.25. The number of sulfonamides is 1. The van der Waals surface area contributed by atoms with E-state index in [2.05, 4.69) is 19.8 Å². The van der Waals surface area contributed by atoms with E-state index in [4.69, 9.17) is 0 Å². The third-order valence-electron chi connectivity index (χ3n) is 5.57. The summed E-state index contributed by atoms with van der Waals surface area (Å²) in [5.74, 6) is -0.730. The first-order chi connectivity index (χ1) is 16.1. The summed E-state index contributed by atoms with van der Waals surface area (Å²) in [5.41, 5.74) is -0.218. The second kappa shape index (κ2) is 9.57. The van der Waals surface area contributed by atoms with Gasteiger partial charge in [-0.15, -0.1) is 10.2 Å². The van der Waals surface area contributed by atoms with Crippen LogP contribution in [0.25, 0.3) is 11.3 Å². The zero-order valence-electron chi connectivity index (χ0n) is 18.0. The highest BCUT2D eigenvalue weighted by Gasteiger charge is 2.35. The molecule has 1 aromatic heterocycles. The van der Waals surface area contributed by atoms with Crippen LogP contribution in [0.5, 0.6) is 0 Å². The van der Waals surface area contributed by atoms with Crippen LogP contribution in [0.4, 0.5) is 29.1 Å². The van der Waals surface area contributed by atoms with E-state index in [9.17, 15) is 26.0 Å². The molecule has 1 saturated heterocycles. The summed E-state index contributed by atoms with van der Waals surface area (Å²) in [6.45, 7) is 1.89. The number of hydrogen-bond donors (Lipinski definition) is 1. The predicted molar refractivity (Wildman–Crippen MR) is 120 cm³/mol. The van der Waals surface area contributed by atoms with Gasteiger partial charge in [-0.05, 0) is 55.3 Å². The Hall–Kier alpha value is -3.21. The van der Waals surface area contributed by atoms with Gasteiger partial charge < -0.3 is 4.90 Å². The van der Waals surface area contributed by atoms with Gasteiger partial charge in [-0.25, -0.2) is 12.8 Å². The summed E-state index contributed by atoms with van der Waals surface area (Å²) in [6.07, 6.45) is -0.348. The number of nitrogens with zero attached hydrogens (tertiary/aromatic N) is 3. The fraction of sp³-hybridized carbons (Fsp3) is 0.304. The van der Waals surface area contributed by atoms with Gasteiger partial charge in [0.15, 0.2) is 5.82 Å². The maximum atomic E-state index is 13.5. The van der Waals surface area contributed by atoms with E-state index >= 15 is 0 Å². The van der Waals surface area contributed by atoms with Crippen LogP contribution in [0.2, 0.25) is 0 Å². The van der Waals surface area contributed by atoms with Gasteiger partial charge in [-0.1, -0.05) is 25.0 Å². The lowest BCUT2D eigenvalue weighted by Gasteiger charge is -2.20. The first kappa shape index (κ1) is 23.9. The molecule has 0 aliphatic carbocycles. The molecule has 0 radical (unpaired) electrons. The molecule has 0 atom stereocenters. The van der Waals surface area contributed by atoms with Crippen molar-refractivity contribution in [2.24, 2.45) is 0 Å². The van der Waals surface area contributed by atoms with Crippen molar-refractivity contribution in [3.05, 3.63) is 66.0 Å². The number of halogens is 4. The molecule has 0 saturated carbocycles. The number of benzene rings is 2. The molecule has 0 spiro atoms. The highest BCUT2D eigenvalue weighted by atomic mass is 32.2. The monoisotopic (exact) mass is 494 g/mol. The normalized spacial score (nSPS) is 15.1. The SMILES string of the molecule is O=S(=O)(Nc1ccc(-c2ccc(N3CCCCCC3)nn2)cc1)c1ccc(F)c(C(F)(F)F)c1. The Morgan fingerprint density at radius 1 is 0.853 bits per heavy atom. The first-order valence-corrected chi connectivity index (χ1v) is 12.2. The molecule has 1 aliphatic heterocycles. The summed E-state index contributed by atoms with van der Waals surface area (Å²) in [4.78, 5) is 1.52. The van der Waals surface area contributed by atoms with Crippen molar-refractivity contribution >= 4 is 21.5 Å². The molecule has 0 bridgehead atoms. The Morgan fingerprint density at radius 2 is 1.53 bits per heavy atom. The van der Waals surface area contributed by atoms with Crippen molar-refractivity contribution in [1.82, 2.24) is 10.2 Å². The van der Waals surface area contributed by atoms with Gasteiger partial charge in [0, 0.05) is 24.3 Å². The molecule has 2 aromatic carbocycles. The highest BCUT2D eigenvalue weighted by molar-refractivity contribution is 7.92. The molecule has 180 valence electrons. The Balaban J connectivity index is 1.48. The third kappa shape index (κ3) is 5.46. The fourth-order valence-electron chi connectivity index (χ4n) is 3.76. The van der Waals surface area contributed by atoms with E-state index in [1.54, 1.807) is 12.1 Å². The van der Waals surface area contributed by atoms with Crippen molar-refractivity contribution in [2.45, 2.75) is 36.8 Å². The summed E-state index contributed by atoms with van der Waals surface area (Å²) in [5, 5.41) is 8.59. The Bertz CT molecular complexity index is 1240. The van der Waals surface area contributed by atoms with E-state index in [0.717, 1.165) is 37.8 Å². The summed E-state index contributed by atoms with van der Waals surface area (Å²) >= 11 is 0. The van der Waals surface area contributed by atoms with E-state index in [1.165, 1.54) is 25.0 Å². The molecule has 34 heavy (non-hydrogen) atoms. The smallest absolute Gasteiger partial charge is 0.355 e. The quantitative estimate of drug-likeness (QED) is 0.476. The minimum absolute atomic E-state index is 0.135. The summed E-state index contributed by atoms with van der Waals surface area (Å²) < 4.78 is 79.5. The van der Waals surface area contributed by atoms with Gasteiger partial charge in [-0.2, -0.15) is 13.2 Å². The Labute approximate surface area is 194 Å². The number of hydrogen-bond acceptors (Lipinski definition) is 5. The average Bonchev–Trinajstić information content (AvgIpc) is 3.08. The number of alkyl halides is 3. The van der Waals surface area contributed by atoms with E-state index in [0.29, 0.717) is 17.3 Å². The van der Waals surface area contributed by atoms with Crippen molar-refractivity contribution in [3.8, 4) is 11.3 Å². The molecule has 4 rings (SSSR count). The van der Waals surface area contributed by atoms with Crippen LogP contribution >= 0.6 is 0 Å². The van der Waals surface area contributed by atoms with Gasteiger partial charge in [-0.3, -0.25) is 4.72 Å². The van der Waals surface area contributed by atoms with Crippen LogP contribution in [0.15, 0.2) is 59.5 Å². The van der Waals surface area contributed by atoms with Crippen LogP contribution < -0.4 is 9.62 Å². The summed E-state index contributed by atoms with van der Waals surface area (Å²) in [7, 11) is -4.36. The first-order valence-electron chi connectivity index (χ1n) is 10.7. The van der Waals surface area contributed by atoms with Crippen LogP contribution in [-0.4, -0.2) is 31.7 Å². The molecule has 0 amide bonds. The second-order valence-corrected chi connectivity index (χ2v) is 9.68. The van der Waals surface area contributed by atoms with Gasteiger partial charge >= 0.3 is 6.18 Å². The molecule has 1 aliphatic rings. The van der Waals surface area contributed by atoms with E-state index < -0.39 is 32.5 Å². The molecule has 2 heterocycles. The van der Waals surface area contributed by atoms with Gasteiger partial charge in [0.25, 0.3) is 10.0 Å². The molecule has 0 unspecified atom stereocenters. The van der Waals surface area contributed by atoms with Crippen molar-refractivity contribution in [3.63, 3.8) is 0 Å². The van der Waals surface area contributed by atoms with Gasteiger partial charge in [0.2, 0.25) is 0 Å². The topological polar surface area (TPSA) is 75.2 Å². The maximum absolute atomic E-state index is 13.5. The lowest BCUT2D eigenvalue weighted by atomic mass is 10.1. The van der Waals surface area contributed by atoms with Crippen LogP contribution in [0.3, 0.4) is 0 Å². The molecule has 6 nitrogen and oxygen atoms in total. The largest absolute Gasteiger partial charge is 0.419 e. The third-order valence-corrected chi connectivity index (χ3v) is 6.95.